The fraction of sp³-hybridized carbons (Fsp3) is 0.600. The van der Waals surface area contributed by atoms with E-state index in [1.165, 1.54) is 5.56 Å². The molecule has 0 amide bonds. The van der Waals surface area contributed by atoms with E-state index in [-0.39, 0.29) is 41.4 Å². The van der Waals surface area contributed by atoms with Crippen LogP contribution in [0.3, 0.4) is 0 Å². The van der Waals surface area contributed by atoms with Crippen LogP contribution in [0, 0.1) is 0 Å². The average Bonchev–Trinajstić information content (AvgIpc) is 2.26. The first-order valence-corrected chi connectivity index (χ1v) is 7.64. The Labute approximate surface area is 142 Å². The van der Waals surface area contributed by atoms with E-state index in [0.717, 1.165) is 11.1 Å². The van der Waals surface area contributed by atoms with Gasteiger partial charge in [0.2, 0.25) is 0 Å². The summed E-state index contributed by atoms with van der Waals surface area (Å²) in [7, 11) is 0. The van der Waals surface area contributed by atoms with Gasteiger partial charge in [0.05, 0.1) is 4.90 Å². The molecule has 0 aromatic heterocycles. The van der Waals surface area contributed by atoms with Crippen LogP contribution in [-0.4, -0.2) is 38.3 Å². The topological polar surface area (TPSA) is 37.3 Å². The van der Waals surface area contributed by atoms with Crippen LogP contribution >= 0.6 is 0 Å². The molecule has 0 spiro atoms. The van der Waals surface area contributed by atoms with Gasteiger partial charge in [-0.3, -0.25) is 0 Å². The van der Waals surface area contributed by atoms with Crippen molar-refractivity contribution in [2.75, 3.05) is 0 Å². The smallest absolute Gasteiger partial charge is 0.187 e. The van der Waals surface area contributed by atoms with Crippen molar-refractivity contribution in [1.82, 2.24) is 0 Å². The SMILES string of the molecule is CC(C)c1cc(C(C)C)c(S(=O)O)c(C(C)C)c1.[Na]. The Kier molecular flexibility index (Phi) is 8.08. The third-order valence-electron chi connectivity index (χ3n) is 3.25. The zero-order valence-electron chi connectivity index (χ0n) is 13.2. The molecule has 0 aliphatic rings. The second-order valence-electron chi connectivity index (χ2n) is 5.74. The van der Waals surface area contributed by atoms with E-state index in [1.807, 2.05) is 0 Å². The van der Waals surface area contributed by atoms with Gasteiger partial charge in [-0.1, -0.05) is 53.7 Å². The molecule has 0 saturated carbocycles. The van der Waals surface area contributed by atoms with Crippen molar-refractivity contribution >= 4 is 40.6 Å². The molecule has 2 nitrogen and oxygen atoms in total. The maximum Gasteiger partial charge on any atom is 0.187 e. The van der Waals surface area contributed by atoms with E-state index in [0.29, 0.717) is 10.8 Å². The van der Waals surface area contributed by atoms with Gasteiger partial charge in [0.15, 0.2) is 11.1 Å². The monoisotopic (exact) mass is 291 g/mol. The van der Waals surface area contributed by atoms with Crippen LogP contribution in [0.4, 0.5) is 0 Å². The quantitative estimate of drug-likeness (QED) is 0.665. The minimum Gasteiger partial charge on any atom is -0.302 e. The maximum absolute atomic E-state index is 11.6. The third kappa shape index (κ3) is 4.68. The molecule has 103 valence electrons. The maximum atomic E-state index is 11.6. The second-order valence-corrected chi connectivity index (χ2v) is 6.65. The summed E-state index contributed by atoms with van der Waals surface area (Å²) in [4.78, 5) is 0.615. The van der Waals surface area contributed by atoms with Crippen LogP contribution in [0.2, 0.25) is 0 Å². The molecule has 1 aromatic rings. The predicted octanol–water partition coefficient (Wildman–Crippen LogP) is 4.26. The first-order chi connectivity index (χ1) is 8.25. The van der Waals surface area contributed by atoms with Crippen LogP contribution in [-0.2, 0) is 11.1 Å². The summed E-state index contributed by atoms with van der Waals surface area (Å²) < 4.78 is 21.2. The van der Waals surface area contributed by atoms with Crippen molar-refractivity contribution in [3.63, 3.8) is 0 Å². The van der Waals surface area contributed by atoms with Crippen molar-refractivity contribution < 1.29 is 8.76 Å². The van der Waals surface area contributed by atoms with Gasteiger partial charge in [-0.05, 0) is 34.4 Å². The summed E-state index contributed by atoms with van der Waals surface area (Å²) in [5.41, 5.74) is 3.26. The first kappa shape index (κ1) is 19.3. The number of benzene rings is 1. The van der Waals surface area contributed by atoms with E-state index in [4.69, 9.17) is 0 Å². The Balaban J connectivity index is 0.00000324. The molecular formula is C15H24NaO2S. The molecule has 4 heteroatoms. The molecule has 0 bridgehead atoms. The summed E-state index contributed by atoms with van der Waals surface area (Å²) in [6.45, 7) is 12.6. The van der Waals surface area contributed by atoms with E-state index >= 15 is 0 Å². The van der Waals surface area contributed by atoms with E-state index in [9.17, 15) is 8.76 Å². The molecule has 1 unspecified atom stereocenters. The Morgan fingerprint density at radius 2 is 1.26 bits per heavy atom. The summed E-state index contributed by atoms with van der Waals surface area (Å²) in [6.07, 6.45) is 0. The van der Waals surface area contributed by atoms with Gasteiger partial charge in [-0.25, -0.2) is 4.21 Å². The van der Waals surface area contributed by atoms with Crippen LogP contribution in [0.1, 0.15) is 76.0 Å². The second kappa shape index (κ2) is 7.94. The van der Waals surface area contributed by atoms with E-state index in [2.05, 4.69) is 53.7 Å². The van der Waals surface area contributed by atoms with Crippen LogP contribution in [0.15, 0.2) is 17.0 Å². The molecule has 0 saturated heterocycles. The van der Waals surface area contributed by atoms with E-state index in [1.54, 1.807) is 0 Å². The molecule has 1 rings (SSSR count). The van der Waals surface area contributed by atoms with Gasteiger partial charge in [0.25, 0.3) is 0 Å². The molecule has 1 atom stereocenters. The Hall–Kier alpha value is 0.330. The van der Waals surface area contributed by atoms with Gasteiger partial charge < -0.3 is 4.55 Å². The Morgan fingerprint density at radius 1 is 0.895 bits per heavy atom. The van der Waals surface area contributed by atoms with Gasteiger partial charge in [-0.15, -0.1) is 0 Å². The van der Waals surface area contributed by atoms with Gasteiger partial charge in [-0.2, -0.15) is 0 Å². The largest absolute Gasteiger partial charge is 0.302 e. The minimum absolute atomic E-state index is 0. The summed E-state index contributed by atoms with van der Waals surface area (Å²) in [6, 6.07) is 4.18. The number of hydrogen-bond acceptors (Lipinski definition) is 1. The normalized spacial score (nSPS) is 12.9. The molecule has 1 radical (unpaired) electrons. The molecular weight excluding hydrogens is 267 g/mol. The molecule has 1 N–H and O–H groups in total. The van der Waals surface area contributed by atoms with Gasteiger partial charge in [0.1, 0.15) is 0 Å². The summed E-state index contributed by atoms with van der Waals surface area (Å²) >= 11 is -1.91. The first-order valence-electron chi connectivity index (χ1n) is 6.54. The van der Waals surface area contributed by atoms with Crippen LogP contribution < -0.4 is 0 Å². The molecule has 0 fully saturated rings. The van der Waals surface area contributed by atoms with Crippen molar-refractivity contribution in [2.45, 2.75) is 64.2 Å². The predicted molar refractivity (Wildman–Crippen MR) is 83.5 cm³/mol. The molecule has 0 heterocycles. The van der Waals surface area contributed by atoms with Crippen molar-refractivity contribution in [3.05, 3.63) is 28.8 Å². The van der Waals surface area contributed by atoms with Gasteiger partial charge in [0, 0.05) is 29.6 Å². The van der Waals surface area contributed by atoms with Crippen molar-refractivity contribution in [2.24, 2.45) is 0 Å². The molecule has 0 aliphatic carbocycles. The summed E-state index contributed by atoms with van der Waals surface area (Å²) in [5, 5.41) is 0. The Bertz CT molecular complexity index is 424. The molecule has 0 aliphatic heterocycles. The number of hydrogen-bond donors (Lipinski definition) is 1. The van der Waals surface area contributed by atoms with Crippen molar-refractivity contribution in [1.29, 1.82) is 0 Å². The fourth-order valence-corrected chi connectivity index (χ4v) is 3.08. The minimum atomic E-state index is -1.91. The number of rotatable bonds is 4. The van der Waals surface area contributed by atoms with Crippen LogP contribution in [0.5, 0.6) is 0 Å². The van der Waals surface area contributed by atoms with Gasteiger partial charge >= 0.3 is 0 Å². The Morgan fingerprint density at radius 3 is 1.47 bits per heavy atom. The zero-order valence-corrected chi connectivity index (χ0v) is 16.0. The molecule has 1 aromatic carbocycles. The standard InChI is InChI=1S/C15H24O2S.Na/c1-9(2)12-7-13(10(3)4)15(18(16)17)14(8-12)11(5)6;/h7-11H,1-6H3,(H,16,17);. The van der Waals surface area contributed by atoms with Crippen molar-refractivity contribution in [3.8, 4) is 0 Å². The average molecular weight is 291 g/mol. The fourth-order valence-electron chi connectivity index (χ4n) is 2.09. The van der Waals surface area contributed by atoms with E-state index < -0.39 is 11.1 Å². The molecule has 19 heavy (non-hydrogen) atoms. The van der Waals surface area contributed by atoms with Crippen LogP contribution in [0.25, 0.3) is 0 Å². The zero-order chi connectivity index (χ0) is 14.0. The summed E-state index contributed by atoms with van der Waals surface area (Å²) in [5.74, 6) is 0.945. The third-order valence-corrected chi connectivity index (χ3v) is 4.07.